The van der Waals surface area contributed by atoms with Crippen molar-refractivity contribution in [3.63, 3.8) is 0 Å². The summed E-state index contributed by atoms with van der Waals surface area (Å²) >= 11 is 7.21. The van der Waals surface area contributed by atoms with Crippen molar-refractivity contribution in [2.75, 3.05) is 7.11 Å². The molecule has 0 spiro atoms. The number of carbonyl (C=O) groups is 2. The number of rotatable bonds is 6. The van der Waals surface area contributed by atoms with Gasteiger partial charge in [0.2, 0.25) is 5.78 Å². The second-order valence-electron chi connectivity index (χ2n) is 5.60. The number of thiophene rings is 1. The molecule has 1 heterocycles. The molecule has 3 rings (SSSR count). The third kappa shape index (κ3) is 3.95. The van der Waals surface area contributed by atoms with Crippen molar-refractivity contribution in [1.29, 1.82) is 0 Å². The fourth-order valence-corrected chi connectivity index (χ4v) is 3.84. The molecule has 0 aliphatic heterocycles. The number of ketones is 1. The van der Waals surface area contributed by atoms with E-state index in [0.717, 1.165) is 10.4 Å². The minimum absolute atomic E-state index is 0.148. The van der Waals surface area contributed by atoms with Gasteiger partial charge in [-0.05, 0) is 53.6 Å². The smallest absolute Gasteiger partial charge is 0.307 e. The number of hydrogen-bond donors (Lipinski definition) is 1. The Bertz CT molecular complexity index is 943. The minimum atomic E-state index is -0.943. The van der Waals surface area contributed by atoms with Crippen LogP contribution in [0.1, 0.15) is 20.8 Å². The van der Waals surface area contributed by atoms with Crippen LogP contribution >= 0.6 is 22.9 Å². The first-order valence-corrected chi connectivity index (χ1v) is 8.96. The van der Waals surface area contributed by atoms with Crippen molar-refractivity contribution in [2.24, 2.45) is 0 Å². The van der Waals surface area contributed by atoms with Gasteiger partial charge in [-0.1, -0.05) is 23.7 Å². The van der Waals surface area contributed by atoms with E-state index in [0.29, 0.717) is 26.8 Å². The Morgan fingerprint density at radius 1 is 1.08 bits per heavy atom. The standard InChI is InChI=1S/C20H15ClO4S/c1-25-16-8-4-12(5-9-16)19(24)17-10-14(11-18(22)23)20(26-17)13-2-6-15(21)7-3-13/h2-10H,11H2,1H3,(H,22,23). The summed E-state index contributed by atoms with van der Waals surface area (Å²) in [5, 5.41) is 9.79. The van der Waals surface area contributed by atoms with Gasteiger partial charge in [-0.25, -0.2) is 0 Å². The molecule has 0 saturated heterocycles. The Labute approximate surface area is 159 Å². The molecular formula is C20H15ClO4S. The van der Waals surface area contributed by atoms with Crippen LogP contribution in [0.5, 0.6) is 5.75 Å². The van der Waals surface area contributed by atoms with Gasteiger partial charge in [-0.3, -0.25) is 9.59 Å². The molecule has 1 aromatic heterocycles. The normalized spacial score (nSPS) is 10.5. The molecular weight excluding hydrogens is 372 g/mol. The van der Waals surface area contributed by atoms with Gasteiger partial charge in [0.15, 0.2) is 0 Å². The maximum absolute atomic E-state index is 12.8. The molecule has 0 atom stereocenters. The molecule has 3 aromatic rings. The number of carboxylic acids is 1. The molecule has 132 valence electrons. The number of carboxylic acid groups (broad SMARTS) is 1. The SMILES string of the molecule is COc1ccc(C(=O)c2cc(CC(=O)O)c(-c3ccc(Cl)cc3)s2)cc1. The van der Waals surface area contributed by atoms with Crippen molar-refractivity contribution in [3.8, 4) is 16.2 Å². The van der Waals surface area contributed by atoms with E-state index in [2.05, 4.69) is 0 Å². The number of halogens is 1. The minimum Gasteiger partial charge on any atom is -0.497 e. The molecule has 1 N–H and O–H groups in total. The molecule has 26 heavy (non-hydrogen) atoms. The predicted octanol–water partition coefficient (Wildman–Crippen LogP) is 4.94. The topological polar surface area (TPSA) is 63.6 Å². The Kier molecular flexibility index (Phi) is 5.40. The monoisotopic (exact) mass is 386 g/mol. The summed E-state index contributed by atoms with van der Waals surface area (Å²) in [7, 11) is 1.56. The van der Waals surface area contributed by atoms with Gasteiger partial charge in [-0.2, -0.15) is 0 Å². The van der Waals surface area contributed by atoms with Crippen LogP contribution in [0.4, 0.5) is 0 Å². The van der Waals surface area contributed by atoms with E-state index in [1.807, 2.05) is 12.1 Å². The van der Waals surface area contributed by atoms with Crippen molar-refractivity contribution >= 4 is 34.7 Å². The Balaban J connectivity index is 2.00. The van der Waals surface area contributed by atoms with Crippen LogP contribution in [-0.2, 0) is 11.2 Å². The molecule has 2 aromatic carbocycles. The maximum Gasteiger partial charge on any atom is 0.307 e. The molecule has 0 bridgehead atoms. The highest BCUT2D eigenvalue weighted by Gasteiger charge is 2.19. The highest BCUT2D eigenvalue weighted by atomic mass is 35.5. The van der Waals surface area contributed by atoms with Gasteiger partial charge >= 0.3 is 5.97 Å². The van der Waals surface area contributed by atoms with Crippen LogP contribution in [0, 0.1) is 0 Å². The second-order valence-corrected chi connectivity index (χ2v) is 7.09. The third-order valence-electron chi connectivity index (χ3n) is 3.83. The van der Waals surface area contributed by atoms with Crippen LogP contribution < -0.4 is 4.74 Å². The van der Waals surface area contributed by atoms with Crippen LogP contribution in [0.25, 0.3) is 10.4 Å². The largest absolute Gasteiger partial charge is 0.497 e. The first-order valence-electron chi connectivity index (χ1n) is 7.77. The molecule has 0 saturated carbocycles. The van der Waals surface area contributed by atoms with Crippen molar-refractivity contribution in [3.05, 3.63) is 75.6 Å². The molecule has 0 amide bonds. The number of ether oxygens (including phenoxy) is 1. The summed E-state index contributed by atoms with van der Waals surface area (Å²) in [4.78, 5) is 25.3. The number of methoxy groups -OCH3 is 1. The van der Waals surface area contributed by atoms with E-state index in [1.54, 1.807) is 49.6 Å². The highest BCUT2D eigenvalue weighted by molar-refractivity contribution is 7.17. The maximum atomic E-state index is 12.8. The molecule has 6 heteroatoms. The zero-order chi connectivity index (χ0) is 18.7. The van der Waals surface area contributed by atoms with E-state index in [1.165, 1.54) is 11.3 Å². The average molecular weight is 387 g/mol. The molecule has 0 unspecified atom stereocenters. The second kappa shape index (κ2) is 7.72. The predicted molar refractivity (Wildman–Crippen MR) is 103 cm³/mol. The Morgan fingerprint density at radius 2 is 1.73 bits per heavy atom. The highest BCUT2D eigenvalue weighted by Crippen LogP contribution is 2.35. The van der Waals surface area contributed by atoms with Crippen molar-refractivity contribution in [1.82, 2.24) is 0 Å². The van der Waals surface area contributed by atoms with Crippen LogP contribution in [0.3, 0.4) is 0 Å². The van der Waals surface area contributed by atoms with Gasteiger partial charge in [0, 0.05) is 15.5 Å². The van der Waals surface area contributed by atoms with E-state index in [4.69, 9.17) is 16.3 Å². The van der Waals surface area contributed by atoms with Gasteiger partial charge in [0.05, 0.1) is 18.4 Å². The lowest BCUT2D eigenvalue weighted by Crippen LogP contribution is -2.01. The van der Waals surface area contributed by atoms with Crippen molar-refractivity contribution in [2.45, 2.75) is 6.42 Å². The summed E-state index contributed by atoms with van der Waals surface area (Å²) in [6.07, 6.45) is -0.148. The van der Waals surface area contributed by atoms with Gasteiger partial charge in [0.25, 0.3) is 0 Å². The lowest BCUT2D eigenvalue weighted by atomic mass is 10.0. The molecule has 4 nitrogen and oxygen atoms in total. The number of hydrogen-bond acceptors (Lipinski definition) is 4. The van der Waals surface area contributed by atoms with Gasteiger partial charge < -0.3 is 9.84 Å². The van der Waals surface area contributed by atoms with E-state index >= 15 is 0 Å². The van der Waals surface area contributed by atoms with Crippen LogP contribution in [-0.4, -0.2) is 24.0 Å². The number of carbonyl (C=O) groups excluding carboxylic acids is 1. The molecule has 0 radical (unpaired) electrons. The lowest BCUT2D eigenvalue weighted by molar-refractivity contribution is -0.136. The first kappa shape index (κ1) is 18.2. The summed E-state index contributed by atoms with van der Waals surface area (Å²) in [5.74, 6) is -0.424. The van der Waals surface area contributed by atoms with Crippen molar-refractivity contribution < 1.29 is 19.4 Å². The van der Waals surface area contributed by atoms with E-state index < -0.39 is 5.97 Å². The fraction of sp³-hybridized carbons (Fsp3) is 0.100. The number of aliphatic carboxylic acids is 1. The Morgan fingerprint density at radius 3 is 2.31 bits per heavy atom. The summed E-state index contributed by atoms with van der Waals surface area (Å²) < 4.78 is 5.10. The zero-order valence-corrected chi connectivity index (χ0v) is 15.4. The number of benzene rings is 2. The lowest BCUT2D eigenvalue weighted by Gasteiger charge is -2.02. The van der Waals surface area contributed by atoms with E-state index in [-0.39, 0.29) is 12.2 Å². The zero-order valence-electron chi connectivity index (χ0n) is 13.9. The van der Waals surface area contributed by atoms with Crippen LogP contribution in [0.15, 0.2) is 54.6 Å². The summed E-state index contributed by atoms with van der Waals surface area (Å²) in [6, 6.07) is 15.6. The molecule has 0 fully saturated rings. The average Bonchev–Trinajstić information content (AvgIpc) is 3.05. The van der Waals surface area contributed by atoms with Crippen LogP contribution in [0.2, 0.25) is 5.02 Å². The molecule has 0 aliphatic rings. The third-order valence-corrected chi connectivity index (χ3v) is 5.31. The summed E-state index contributed by atoms with van der Waals surface area (Å²) in [6.45, 7) is 0. The van der Waals surface area contributed by atoms with Gasteiger partial charge in [0.1, 0.15) is 5.75 Å². The molecule has 0 aliphatic carbocycles. The first-order chi connectivity index (χ1) is 12.5. The quantitative estimate of drug-likeness (QED) is 0.610. The fourth-order valence-electron chi connectivity index (χ4n) is 2.57. The van der Waals surface area contributed by atoms with E-state index in [9.17, 15) is 14.7 Å². The summed E-state index contributed by atoms with van der Waals surface area (Å²) in [5.41, 5.74) is 1.97. The Hall–Kier alpha value is -2.63. The van der Waals surface area contributed by atoms with Gasteiger partial charge in [-0.15, -0.1) is 11.3 Å².